The highest BCUT2D eigenvalue weighted by molar-refractivity contribution is 9.11. The molecule has 0 saturated carbocycles. The predicted molar refractivity (Wildman–Crippen MR) is 106 cm³/mol. The van der Waals surface area contributed by atoms with Crippen LogP contribution in [-0.2, 0) is 14.3 Å². The first-order valence-electron chi connectivity index (χ1n) is 8.48. The SMILES string of the molecule is CC(C)C[C@H](NC(=O)[C@@H](C)NC(=O)c1ccc(Br)s1)C(=O)OC(C)(C)C. The number of hydrogen-bond donors (Lipinski definition) is 2. The molecule has 0 saturated heterocycles. The van der Waals surface area contributed by atoms with Crippen LogP contribution >= 0.6 is 27.3 Å². The Morgan fingerprint density at radius 1 is 1.15 bits per heavy atom. The number of ether oxygens (including phenoxy) is 1. The van der Waals surface area contributed by atoms with Gasteiger partial charge in [-0.1, -0.05) is 13.8 Å². The van der Waals surface area contributed by atoms with E-state index in [1.807, 2.05) is 13.8 Å². The minimum absolute atomic E-state index is 0.196. The van der Waals surface area contributed by atoms with Crippen LogP contribution in [0.3, 0.4) is 0 Å². The lowest BCUT2D eigenvalue weighted by Crippen LogP contribution is -2.51. The molecule has 1 heterocycles. The normalized spacial score (nSPS) is 13.8. The number of halogens is 1. The zero-order valence-corrected chi connectivity index (χ0v) is 18.4. The first kappa shape index (κ1) is 22.6. The summed E-state index contributed by atoms with van der Waals surface area (Å²) in [5.74, 6) is -1.03. The van der Waals surface area contributed by atoms with Gasteiger partial charge in [0.1, 0.15) is 17.7 Å². The molecular formula is C18H27BrN2O4S. The van der Waals surface area contributed by atoms with Crippen molar-refractivity contribution < 1.29 is 19.1 Å². The zero-order valence-electron chi connectivity index (χ0n) is 16.0. The average molecular weight is 447 g/mol. The van der Waals surface area contributed by atoms with Gasteiger partial charge in [0.05, 0.1) is 8.66 Å². The Kier molecular flexibility index (Phi) is 8.27. The van der Waals surface area contributed by atoms with E-state index in [0.717, 1.165) is 3.79 Å². The lowest BCUT2D eigenvalue weighted by Gasteiger charge is -2.26. The molecule has 0 fully saturated rings. The van der Waals surface area contributed by atoms with E-state index in [1.54, 1.807) is 39.8 Å². The van der Waals surface area contributed by atoms with E-state index in [9.17, 15) is 14.4 Å². The summed E-state index contributed by atoms with van der Waals surface area (Å²) in [6.45, 7) is 10.8. The number of rotatable bonds is 7. The number of nitrogens with one attached hydrogen (secondary N) is 2. The fourth-order valence-corrected chi connectivity index (χ4v) is 3.41. The minimum Gasteiger partial charge on any atom is -0.458 e. The van der Waals surface area contributed by atoms with Gasteiger partial charge in [0.15, 0.2) is 0 Å². The zero-order chi connectivity index (χ0) is 20.1. The molecule has 0 bridgehead atoms. The molecule has 0 spiro atoms. The second-order valence-corrected chi connectivity index (χ2v) is 9.99. The van der Waals surface area contributed by atoms with E-state index in [0.29, 0.717) is 11.3 Å². The van der Waals surface area contributed by atoms with Crippen molar-refractivity contribution in [2.24, 2.45) is 5.92 Å². The molecule has 0 aromatic carbocycles. The fourth-order valence-electron chi connectivity index (χ4n) is 2.12. The van der Waals surface area contributed by atoms with Gasteiger partial charge < -0.3 is 15.4 Å². The topological polar surface area (TPSA) is 84.5 Å². The highest BCUT2D eigenvalue weighted by Gasteiger charge is 2.29. The standard InChI is InChI=1S/C18H27BrN2O4S/c1-10(2)9-12(17(24)25-18(4,5)6)21-15(22)11(3)20-16(23)13-7-8-14(19)26-13/h7-8,10-12H,9H2,1-6H3,(H,20,23)(H,21,22)/t11-,12+/m1/s1. The number of esters is 1. The molecule has 0 radical (unpaired) electrons. The van der Waals surface area contributed by atoms with Crippen LogP contribution in [0.25, 0.3) is 0 Å². The van der Waals surface area contributed by atoms with Crippen molar-refractivity contribution in [3.63, 3.8) is 0 Å². The quantitative estimate of drug-likeness (QED) is 0.627. The highest BCUT2D eigenvalue weighted by atomic mass is 79.9. The van der Waals surface area contributed by atoms with Crippen LogP contribution in [0.2, 0.25) is 0 Å². The maximum Gasteiger partial charge on any atom is 0.329 e. The lowest BCUT2D eigenvalue weighted by atomic mass is 10.0. The van der Waals surface area contributed by atoms with Gasteiger partial charge in [-0.05, 0) is 68.1 Å². The van der Waals surface area contributed by atoms with E-state index in [1.165, 1.54) is 11.3 Å². The van der Waals surface area contributed by atoms with E-state index >= 15 is 0 Å². The molecule has 26 heavy (non-hydrogen) atoms. The molecule has 0 aliphatic rings. The summed E-state index contributed by atoms with van der Waals surface area (Å²) in [4.78, 5) is 37.5. The average Bonchev–Trinajstić information content (AvgIpc) is 2.90. The molecular weight excluding hydrogens is 420 g/mol. The smallest absolute Gasteiger partial charge is 0.329 e. The summed E-state index contributed by atoms with van der Waals surface area (Å²) >= 11 is 4.58. The van der Waals surface area contributed by atoms with Crippen LogP contribution in [0.1, 0.15) is 57.6 Å². The number of hydrogen-bond acceptors (Lipinski definition) is 5. The van der Waals surface area contributed by atoms with Crippen molar-refractivity contribution in [3.05, 3.63) is 20.8 Å². The van der Waals surface area contributed by atoms with Crippen LogP contribution in [0.5, 0.6) is 0 Å². The molecule has 146 valence electrons. The highest BCUT2D eigenvalue weighted by Crippen LogP contribution is 2.22. The van der Waals surface area contributed by atoms with Crippen LogP contribution in [-0.4, -0.2) is 35.5 Å². The molecule has 2 amide bonds. The molecule has 0 aliphatic heterocycles. The molecule has 8 heteroatoms. The minimum atomic E-state index is -0.777. The van der Waals surface area contributed by atoms with Crippen LogP contribution in [0, 0.1) is 5.92 Å². The van der Waals surface area contributed by atoms with Crippen molar-refractivity contribution in [1.82, 2.24) is 10.6 Å². The number of thiophene rings is 1. The second kappa shape index (κ2) is 9.50. The van der Waals surface area contributed by atoms with Crippen molar-refractivity contribution in [2.75, 3.05) is 0 Å². The van der Waals surface area contributed by atoms with Gasteiger partial charge in [-0.25, -0.2) is 4.79 Å². The van der Waals surface area contributed by atoms with Gasteiger partial charge in [0.25, 0.3) is 5.91 Å². The Bertz CT molecular complexity index is 652. The molecule has 1 rings (SSSR count). The third-order valence-corrected chi connectivity index (χ3v) is 4.88. The summed E-state index contributed by atoms with van der Waals surface area (Å²) in [6, 6.07) is 1.92. The second-order valence-electron chi connectivity index (χ2n) is 7.52. The summed E-state index contributed by atoms with van der Waals surface area (Å²) in [6.07, 6.45) is 0.458. The first-order valence-corrected chi connectivity index (χ1v) is 10.1. The van der Waals surface area contributed by atoms with Crippen LogP contribution in [0.15, 0.2) is 15.9 Å². The Morgan fingerprint density at radius 2 is 1.77 bits per heavy atom. The third kappa shape index (κ3) is 7.86. The Labute approximate surface area is 167 Å². The monoisotopic (exact) mass is 446 g/mol. The van der Waals surface area contributed by atoms with E-state index in [-0.39, 0.29) is 11.8 Å². The van der Waals surface area contributed by atoms with E-state index in [2.05, 4.69) is 26.6 Å². The van der Waals surface area contributed by atoms with Crippen LogP contribution in [0.4, 0.5) is 0 Å². The first-order chi connectivity index (χ1) is 11.9. The van der Waals surface area contributed by atoms with Gasteiger partial charge in [-0.2, -0.15) is 0 Å². The number of amides is 2. The summed E-state index contributed by atoms with van der Waals surface area (Å²) in [7, 11) is 0. The van der Waals surface area contributed by atoms with E-state index in [4.69, 9.17) is 4.74 Å². The molecule has 0 aliphatic carbocycles. The maximum atomic E-state index is 12.4. The molecule has 2 N–H and O–H groups in total. The molecule has 6 nitrogen and oxygen atoms in total. The Balaban J connectivity index is 2.72. The summed E-state index contributed by atoms with van der Waals surface area (Å²) < 4.78 is 6.22. The van der Waals surface area contributed by atoms with Gasteiger partial charge in [-0.3, -0.25) is 9.59 Å². The molecule has 2 atom stereocenters. The summed E-state index contributed by atoms with van der Waals surface area (Å²) in [5.41, 5.74) is -0.635. The largest absolute Gasteiger partial charge is 0.458 e. The van der Waals surface area contributed by atoms with Crippen molar-refractivity contribution in [1.29, 1.82) is 0 Å². The fraction of sp³-hybridized carbons (Fsp3) is 0.611. The van der Waals surface area contributed by atoms with Crippen molar-refractivity contribution in [3.8, 4) is 0 Å². The Morgan fingerprint density at radius 3 is 2.23 bits per heavy atom. The Hall–Kier alpha value is -1.41. The number of carbonyl (C=O) groups excluding carboxylic acids is 3. The van der Waals surface area contributed by atoms with Gasteiger partial charge in [0.2, 0.25) is 5.91 Å². The molecule has 1 aromatic rings. The number of carbonyl (C=O) groups is 3. The lowest BCUT2D eigenvalue weighted by molar-refractivity contribution is -0.159. The maximum absolute atomic E-state index is 12.4. The van der Waals surface area contributed by atoms with E-state index < -0.39 is 29.6 Å². The predicted octanol–water partition coefficient (Wildman–Crippen LogP) is 3.50. The third-order valence-electron chi connectivity index (χ3n) is 3.25. The van der Waals surface area contributed by atoms with Crippen molar-refractivity contribution in [2.45, 2.75) is 65.6 Å². The molecule has 0 unspecified atom stereocenters. The van der Waals surface area contributed by atoms with Gasteiger partial charge in [0, 0.05) is 0 Å². The van der Waals surface area contributed by atoms with Crippen LogP contribution < -0.4 is 10.6 Å². The summed E-state index contributed by atoms with van der Waals surface area (Å²) in [5, 5.41) is 5.34. The molecule has 1 aromatic heterocycles. The van der Waals surface area contributed by atoms with Gasteiger partial charge in [-0.15, -0.1) is 11.3 Å². The van der Waals surface area contributed by atoms with Gasteiger partial charge >= 0.3 is 5.97 Å². The van der Waals surface area contributed by atoms with Crippen molar-refractivity contribution >= 4 is 45.1 Å².